The highest BCUT2D eigenvalue weighted by molar-refractivity contribution is 5.62. The maximum atomic E-state index is 13.0. The summed E-state index contributed by atoms with van der Waals surface area (Å²) in [5.74, 6) is -0.229. The lowest BCUT2D eigenvalue weighted by molar-refractivity contribution is 0.628. The average Bonchev–Trinajstić information content (AvgIpc) is 2.50. The third-order valence-electron chi connectivity index (χ3n) is 3.36. The Bertz CT molecular complexity index is 537. The predicted octanol–water partition coefficient (Wildman–Crippen LogP) is 3.79. The van der Waals surface area contributed by atoms with E-state index in [1.54, 1.807) is 12.1 Å². The summed E-state index contributed by atoms with van der Waals surface area (Å²) < 4.78 is 13.0. The molecule has 1 aromatic heterocycles. The van der Waals surface area contributed by atoms with E-state index in [0.29, 0.717) is 0 Å². The Morgan fingerprint density at radius 2 is 1.75 bits per heavy atom. The Balaban J connectivity index is 2.25. The van der Waals surface area contributed by atoms with Gasteiger partial charge in [-0.2, -0.15) is 0 Å². The molecule has 0 aliphatic rings. The fourth-order valence-electron chi connectivity index (χ4n) is 2.12. The third kappa shape index (κ3) is 3.14. The first-order valence-corrected chi connectivity index (χ1v) is 6.90. The van der Waals surface area contributed by atoms with E-state index in [1.165, 1.54) is 12.1 Å². The number of halogens is 1. The zero-order valence-electron chi connectivity index (χ0n) is 11.9. The van der Waals surface area contributed by atoms with Crippen LogP contribution in [0.3, 0.4) is 0 Å². The Morgan fingerprint density at radius 3 is 2.25 bits per heavy atom. The molecule has 20 heavy (non-hydrogen) atoms. The normalized spacial score (nSPS) is 12.2. The molecule has 4 heteroatoms. The Kier molecular flexibility index (Phi) is 4.69. The van der Waals surface area contributed by atoms with Crippen LogP contribution >= 0.6 is 0 Å². The smallest absolute Gasteiger partial charge is 0.123 e. The van der Waals surface area contributed by atoms with E-state index in [-0.39, 0.29) is 11.9 Å². The van der Waals surface area contributed by atoms with Gasteiger partial charge in [0.2, 0.25) is 0 Å². The molecule has 0 amide bonds. The van der Waals surface area contributed by atoms with Gasteiger partial charge >= 0.3 is 0 Å². The molecule has 0 unspecified atom stereocenters. The largest absolute Gasteiger partial charge is 0.341 e. The zero-order chi connectivity index (χ0) is 14.5. The average molecular weight is 273 g/mol. The van der Waals surface area contributed by atoms with Crippen LogP contribution in [0.2, 0.25) is 0 Å². The fourth-order valence-corrected chi connectivity index (χ4v) is 2.12. The number of hydrogen-bond donors (Lipinski definition) is 1. The Labute approximate surface area is 119 Å². The lowest BCUT2D eigenvalue weighted by Crippen LogP contribution is -2.17. The summed E-state index contributed by atoms with van der Waals surface area (Å²) in [6.07, 6.45) is 2.68. The van der Waals surface area contributed by atoms with Gasteiger partial charge in [0.05, 0.1) is 17.6 Å². The van der Waals surface area contributed by atoms with Crippen molar-refractivity contribution in [3.05, 3.63) is 54.1 Å². The fraction of sp³-hybridized carbons (Fsp3) is 0.312. The Hall–Kier alpha value is -1.94. The highest BCUT2D eigenvalue weighted by Crippen LogP contribution is 2.25. The van der Waals surface area contributed by atoms with Crippen LogP contribution in [0.1, 0.15) is 32.0 Å². The van der Waals surface area contributed by atoms with Crippen LogP contribution < -0.4 is 10.6 Å². The van der Waals surface area contributed by atoms with E-state index < -0.39 is 0 Å². The second-order valence-electron chi connectivity index (χ2n) is 4.68. The van der Waals surface area contributed by atoms with Crippen LogP contribution in [-0.4, -0.2) is 11.5 Å². The first kappa shape index (κ1) is 14.5. The van der Waals surface area contributed by atoms with Crippen molar-refractivity contribution < 1.29 is 4.39 Å². The summed E-state index contributed by atoms with van der Waals surface area (Å²) in [6, 6.07) is 10.4. The minimum atomic E-state index is -0.229. The standard InChI is InChI=1S/C16H20FN3/c1-3-15(18)16-10-9-14(11-19-16)20(4-2)13-7-5-12(17)6-8-13/h5-11,15H,3-4,18H2,1-2H3/t15-/m0/s1. The molecule has 2 aromatic rings. The van der Waals surface area contributed by atoms with Crippen molar-refractivity contribution in [3.63, 3.8) is 0 Å². The molecule has 0 aliphatic carbocycles. The van der Waals surface area contributed by atoms with Gasteiger partial charge in [0.15, 0.2) is 0 Å². The number of anilines is 2. The number of hydrogen-bond acceptors (Lipinski definition) is 3. The molecule has 0 radical (unpaired) electrons. The monoisotopic (exact) mass is 273 g/mol. The maximum Gasteiger partial charge on any atom is 0.123 e. The van der Waals surface area contributed by atoms with Crippen LogP contribution in [0.5, 0.6) is 0 Å². The van der Waals surface area contributed by atoms with Gasteiger partial charge in [0.1, 0.15) is 5.82 Å². The summed E-state index contributed by atoms with van der Waals surface area (Å²) in [7, 11) is 0. The Morgan fingerprint density at radius 1 is 1.10 bits per heavy atom. The third-order valence-corrected chi connectivity index (χ3v) is 3.36. The number of pyridine rings is 1. The number of nitrogens with two attached hydrogens (primary N) is 1. The van der Waals surface area contributed by atoms with Crippen molar-refractivity contribution >= 4 is 11.4 Å². The van der Waals surface area contributed by atoms with Crippen molar-refractivity contribution in [2.24, 2.45) is 5.73 Å². The van der Waals surface area contributed by atoms with E-state index in [4.69, 9.17) is 5.73 Å². The molecule has 1 aromatic carbocycles. The molecular weight excluding hydrogens is 253 g/mol. The van der Waals surface area contributed by atoms with Gasteiger partial charge in [-0.3, -0.25) is 4.98 Å². The SMILES string of the molecule is CC[C@H](N)c1ccc(N(CC)c2ccc(F)cc2)cn1. The molecule has 3 nitrogen and oxygen atoms in total. The molecule has 0 fully saturated rings. The van der Waals surface area contributed by atoms with Crippen molar-refractivity contribution in [1.29, 1.82) is 0 Å². The lowest BCUT2D eigenvalue weighted by Gasteiger charge is -2.23. The highest BCUT2D eigenvalue weighted by Gasteiger charge is 2.10. The van der Waals surface area contributed by atoms with Gasteiger partial charge in [-0.15, -0.1) is 0 Å². The van der Waals surface area contributed by atoms with Gasteiger partial charge in [0, 0.05) is 18.3 Å². The minimum Gasteiger partial charge on any atom is -0.341 e. The first-order valence-electron chi connectivity index (χ1n) is 6.90. The summed E-state index contributed by atoms with van der Waals surface area (Å²) in [6.45, 7) is 4.87. The molecule has 2 rings (SSSR count). The summed E-state index contributed by atoms with van der Waals surface area (Å²) >= 11 is 0. The van der Waals surface area contributed by atoms with E-state index in [0.717, 1.165) is 30.0 Å². The second-order valence-corrected chi connectivity index (χ2v) is 4.68. The van der Waals surface area contributed by atoms with Crippen molar-refractivity contribution in [2.45, 2.75) is 26.3 Å². The molecule has 0 saturated heterocycles. The quantitative estimate of drug-likeness (QED) is 0.901. The molecule has 2 N–H and O–H groups in total. The summed E-state index contributed by atoms with van der Waals surface area (Å²) in [4.78, 5) is 6.50. The van der Waals surface area contributed by atoms with Gasteiger partial charge in [0.25, 0.3) is 0 Å². The summed E-state index contributed by atoms with van der Waals surface area (Å²) in [5, 5.41) is 0. The van der Waals surface area contributed by atoms with Crippen molar-refractivity contribution in [3.8, 4) is 0 Å². The zero-order valence-corrected chi connectivity index (χ0v) is 11.9. The van der Waals surface area contributed by atoms with E-state index in [1.807, 2.05) is 25.3 Å². The van der Waals surface area contributed by atoms with Crippen LogP contribution in [-0.2, 0) is 0 Å². The number of rotatable bonds is 5. The minimum absolute atomic E-state index is 0.0232. The molecule has 1 atom stereocenters. The molecule has 0 saturated carbocycles. The van der Waals surface area contributed by atoms with Crippen LogP contribution in [0.4, 0.5) is 15.8 Å². The molecular formula is C16H20FN3. The van der Waals surface area contributed by atoms with Crippen LogP contribution in [0, 0.1) is 5.82 Å². The first-order chi connectivity index (χ1) is 9.65. The van der Waals surface area contributed by atoms with Crippen molar-refractivity contribution in [1.82, 2.24) is 4.98 Å². The molecule has 0 bridgehead atoms. The lowest BCUT2D eigenvalue weighted by atomic mass is 10.1. The molecule has 106 valence electrons. The van der Waals surface area contributed by atoms with Crippen molar-refractivity contribution in [2.75, 3.05) is 11.4 Å². The van der Waals surface area contributed by atoms with E-state index in [9.17, 15) is 4.39 Å². The van der Waals surface area contributed by atoms with E-state index >= 15 is 0 Å². The molecule has 0 spiro atoms. The van der Waals surface area contributed by atoms with Gasteiger partial charge in [-0.1, -0.05) is 6.92 Å². The summed E-state index contributed by atoms with van der Waals surface area (Å²) in [5.41, 5.74) is 8.78. The maximum absolute atomic E-state index is 13.0. The number of benzene rings is 1. The van der Waals surface area contributed by atoms with Gasteiger partial charge in [-0.25, -0.2) is 4.39 Å². The van der Waals surface area contributed by atoms with Crippen LogP contribution in [0.25, 0.3) is 0 Å². The highest BCUT2D eigenvalue weighted by atomic mass is 19.1. The van der Waals surface area contributed by atoms with E-state index in [2.05, 4.69) is 16.8 Å². The predicted molar refractivity (Wildman–Crippen MR) is 80.5 cm³/mol. The number of nitrogens with zero attached hydrogens (tertiary/aromatic N) is 2. The molecule has 1 heterocycles. The topological polar surface area (TPSA) is 42.1 Å². The second kappa shape index (κ2) is 6.48. The van der Waals surface area contributed by atoms with Gasteiger partial charge in [-0.05, 0) is 49.7 Å². The van der Waals surface area contributed by atoms with Crippen LogP contribution in [0.15, 0.2) is 42.6 Å². The number of aromatic nitrogens is 1. The molecule has 0 aliphatic heterocycles. The van der Waals surface area contributed by atoms with Gasteiger partial charge < -0.3 is 10.6 Å².